The van der Waals surface area contributed by atoms with Crippen LogP contribution in [0.4, 0.5) is 0 Å². The number of carbonyl (C=O) groups is 2. The van der Waals surface area contributed by atoms with Crippen LogP contribution in [0.15, 0.2) is 65.8 Å². The van der Waals surface area contributed by atoms with Gasteiger partial charge in [0.15, 0.2) is 0 Å². The van der Waals surface area contributed by atoms with E-state index < -0.39 is 36.6 Å². The third kappa shape index (κ3) is 11.4. The van der Waals surface area contributed by atoms with Crippen molar-refractivity contribution in [1.29, 1.82) is 0 Å². The summed E-state index contributed by atoms with van der Waals surface area (Å²) in [6.07, 6.45) is 1.48. The van der Waals surface area contributed by atoms with Crippen molar-refractivity contribution < 1.29 is 44.6 Å². The number of aliphatic hydroxyl groups is 5. The van der Waals surface area contributed by atoms with Gasteiger partial charge in [-0.3, -0.25) is 14.6 Å². The molecule has 1 heterocycles. The molecule has 5 rings (SSSR count). The molecule has 53 heavy (non-hydrogen) atoms. The van der Waals surface area contributed by atoms with Crippen LogP contribution < -0.4 is 10.1 Å². The van der Waals surface area contributed by atoms with Gasteiger partial charge in [-0.15, -0.1) is 11.8 Å². The van der Waals surface area contributed by atoms with E-state index in [2.05, 4.69) is 16.4 Å². The van der Waals surface area contributed by atoms with Gasteiger partial charge in [0.2, 0.25) is 11.8 Å². The van der Waals surface area contributed by atoms with Gasteiger partial charge in [0.1, 0.15) is 30.2 Å². The number of benzene rings is 2. The van der Waals surface area contributed by atoms with Gasteiger partial charge in [0.05, 0.1) is 24.9 Å². The fourth-order valence-corrected chi connectivity index (χ4v) is 7.12. The molecule has 2 amide bonds. The first-order chi connectivity index (χ1) is 25.5. The van der Waals surface area contributed by atoms with Gasteiger partial charge in [-0.25, -0.2) is 0 Å². The molecule has 0 spiro atoms. The third-order valence-corrected chi connectivity index (χ3v) is 10.9. The maximum atomic E-state index is 13.2. The Kier molecular flexibility index (Phi) is 14.9. The van der Waals surface area contributed by atoms with E-state index in [1.165, 1.54) is 4.90 Å². The van der Waals surface area contributed by atoms with E-state index in [-0.39, 0.29) is 43.8 Å². The van der Waals surface area contributed by atoms with Crippen LogP contribution in [-0.2, 0) is 26.5 Å². The minimum atomic E-state index is -1.82. The molecule has 4 unspecified atom stereocenters. The Bertz CT molecular complexity index is 1670. The Morgan fingerprint density at radius 3 is 2.51 bits per heavy atom. The van der Waals surface area contributed by atoms with Gasteiger partial charge < -0.3 is 45.2 Å². The van der Waals surface area contributed by atoms with Crippen molar-refractivity contribution in [3.8, 4) is 16.9 Å². The van der Waals surface area contributed by atoms with Crippen LogP contribution in [-0.4, -0.2) is 110 Å². The topological polar surface area (TPSA) is 182 Å². The number of para-hydroxylation sites is 1. The number of amides is 2. The predicted molar refractivity (Wildman–Crippen MR) is 201 cm³/mol. The average Bonchev–Trinajstić information content (AvgIpc) is 4.12. The minimum absolute atomic E-state index is 0.0104. The largest absolute Gasteiger partial charge is 0.490 e. The van der Waals surface area contributed by atoms with Gasteiger partial charge in [-0.2, -0.15) is 0 Å². The van der Waals surface area contributed by atoms with E-state index in [4.69, 9.17) is 26.2 Å². The van der Waals surface area contributed by atoms with Crippen LogP contribution in [0.5, 0.6) is 5.75 Å². The van der Waals surface area contributed by atoms with Crippen molar-refractivity contribution in [2.45, 2.75) is 99.5 Å². The Morgan fingerprint density at radius 2 is 1.79 bits per heavy atom. The number of thioether (sulfide) groups is 1. The molecule has 0 aliphatic heterocycles. The molecule has 4 atom stereocenters. The number of ether oxygens (including phenoxy) is 2. The summed E-state index contributed by atoms with van der Waals surface area (Å²) in [5, 5.41) is 52.8. The number of nitrogens with one attached hydrogen (secondary N) is 1. The van der Waals surface area contributed by atoms with Crippen molar-refractivity contribution >= 4 is 35.2 Å². The number of aromatic nitrogens is 1. The van der Waals surface area contributed by atoms with Gasteiger partial charge in [0, 0.05) is 65.9 Å². The summed E-state index contributed by atoms with van der Waals surface area (Å²) in [5.74, 6) is 0.850. The summed E-state index contributed by atoms with van der Waals surface area (Å²) in [7, 11) is 0. The monoisotopic (exact) mass is 771 g/mol. The second-order valence-electron chi connectivity index (χ2n) is 13.6. The first-order valence-electron chi connectivity index (χ1n) is 18.2. The molecule has 0 radical (unpaired) electrons. The van der Waals surface area contributed by atoms with E-state index in [9.17, 15) is 30.0 Å². The van der Waals surface area contributed by atoms with Crippen LogP contribution in [0.25, 0.3) is 11.1 Å². The first-order valence-corrected chi connectivity index (χ1v) is 19.5. The fraction of sp³-hybridized carbons (Fsp3) is 0.513. The molecule has 2 saturated carbocycles. The van der Waals surface area contributed by atoms with Gasteiger partial charge in [-0.1, -0.05) is 29.8 Å². The lowest BCUT2D eigenvalue weighted by Gasteiger charge is -2.30. The zero-order valence-electron chi connectivity index (χ0n) is 29.9. The van der Waals surface area contributed by atoms with Gasteiger partial charge in [-0.05, 0) is 86.2 Å². The van der Waals surface area contributed by atoms with Gasteiger partial charge >= 0.3 is 0 Å². The number of aliphatic hydroxyl groups excluding tert-OH is 5. The van der Waals surface area contributed by atoms with E-state index in [1.807, 2.05) is 48.7 Å². The van der Waals surface area contributed by atoms with Crippen molar-refractivity contribution in [2.24, 2.45) is 0 Å². The molecule has 12 nitrogen and oxygen atoms in total. The number of hydrogen-bond donors (Lipinski definition) is 6. The summed E-state index contributed by atoms with van der Waals surface area (Å²) in [6, 6.07) is 15.9. The molecular formula is C39H50ClN3O9S. The highest BCUT2D eigenvalue weighted by Crippen LogP contribution is 2.53. The normalized spacial score (nSPS) is 17.0. The SMILES string of the molecule is CCNC(=O)CCN(CC(O)C(O)C(O)C(O)CO)C(=O)CCCSc1ccc(Cl)c(COC2(c3cnccc3-c3ccccc3OC3CC3)CC2)c1. The molecule has 6 N–H and O–H groups in total. The van der Waals surface area contributed by atoms with Crippen molar-refractivity contribution in [1.82, 2.24) is 15.2 Å². The number of rotatable bonds is 22. The summed E-state index contributed by atoms with van der Waals surface area (Å²) < 4.78 is 12.9. The van der Waals surface area contributed by atoms with E-state index in [0.29, 0.717) is 30.3 Å². The van der Waals surface area contributed by atoms with E-state index in [1.54, 1.807) is 24.9 Å². The van der Waals surface area contributed by atoms with Gasteiger partial charge in [0.25, 0.3) is 0 Å². The van der Waals surface area contributed by atoms with E-state index >= 15 is 0 Å². The Morgan fingerprint density at radius 1 is 1.04 bits per heavy atom. The van der Waals surface area contributed by atoms with Crippen molar-refractivity contribution in [3.63, 3.8) is 0 Å². The molecule has 0 saturated heterocycles. The van der Waals surface area contributed by atoms with Crippen molar-refractivity contribution in [3.05, 3.63) is 77.1 Å². The summed E-state index contributed by atoms with van der Waals surface area (Å²) in [4.78, 5) is 32.0. The quantitative estimate of drug-likeness (QED) is 0.0646. The average molecular weight is 772 g/mol. The summed E-state index contributed by atoms with van der Waals surface area (Å²) >= 11 is 8.19. The Labute approximate surface area is 319 Å². The minimum Gasteiger partial charge on any atom is -0.490 e. The highest BCUT2D eigenvalue weighted by atomic mass is 35.5. The predicted octanol–water partition coefficient (Wildman–Crippen LogP) is 3.81. The zero-order valence-corrected chi connectivity index (χ0v) is 31.5. The molecule has 3 aromatic rings. The molecule has 14 heteroatoms. The lowest BCUT2D eigenvalue weighted by molar-refractivity contribution is -0.140. The fourth-order valence-electron chi connectivity index (χ4n) is 6.03. The number of halogens is 1. The maximum Gasteiger partial charge on any atom is 0.222 e. The number of nitrogens with zero attached hydrogens (tertiary/aromatic N) is 2. The zero-order chi connectivity index (χ0) is 38.0. The smallest absolute Gasteiger partial charge is 0.222 e. The highest BCUT2D eigenvalue weighted by molar-refractivity contribution is 7.99. The van der Waals surface area contributed by atoms with Crippen molar-refractivity contribution in [2.75, 3.05) is 32.0 Å². The van der Waals surface area contributed by atoms with Crippen LogP contribution in [0.2, 0.25) is 5.02 Å². The lowest BCUT2D eigenvalue weighted by atomic mass is 9.96. The first kappa shape index (κ1) is 40.9. The van der Waals surface area contributed by atoms with Crippen LogP contribution >= 0.6 is 23.4 Å². The molecule has 2 aliphatic rings. The molecule has 2 aliphatic carbocycles. The summed E-state index contributed by atoms with van der Waals surface area (Å²) in [5.41, 5.74) is 3.47. The summed E-state index contributed by atoms with van der Waals surface area (Å²) in [6.45, 7) is 1.31. The molecule has 1 aromatic heterocycles. The van der Waals surface area contributed by atoms with Crippen LogP contribution in [0, 0.1) is 0 Å². The van der Waals surface area contributed by atoms with E-state index in [0.717, 1.165) is 58.6 Å². The standard InChI is InChI=1S/C39H50ClN3O9S/c1-2-42-35(47)14-18-43(22-32(45)37(49)38(50)33(46)23-44)36(48)8-5-19-53-27-11-12-31(40)25(20-27)24-51-39(15-16-39)30-21-41-17-13-28(30)29-6-3-4-7-34(29)52-26-9-10-26/h3-4,6-7,11-13,17,20-21,26,32-33,37-38,44-46,49-50H,2,5,8-10,14-16,18-19,22-24H2,1H3,(H,42,47). The lowest BCUT2D eigenvalue weighted by Crippen LogP contribution is -2.51. The second-order valence-corrected chi connectivity index (χ2v) is 15.1. The Hall–Kier alpha value is -3.27. The van der Waals surface area contributed by atoms with Crippen LogP contribution in [0.3, 0.4) is 0 Å². The Balaban J connectivity index is 1.17. The molecule has 2 fully saturated rings. The number of carbonyl (C=O) groups excluding carboxylic acids is 2. The maximum absolute atomic E-state index is 13.2. The van der Waals surface area contributed by atoms with Crippen LogP contribution in [0.1, 0.15) is 63.0 Å². The molecule has 0 bridgehead atoms. The molecular weight excluding hydrogens is 722 g/mol. The second kappa shape index (κ2) is 19.4. The highest BCUT2D eigenvalue weighted by Gasteiger charge is 2.48. The third-order valence-electron chi connectivity index (χ3n) is 9.40. The molecule has 288 valence electrons. The number of hydrogen-bond acceptors (Lipinski definition) is 11. The number of pyridine rings is 1. The molecule has 2 aromatic carbocycles.